The van der Waals surface area contributed by atoms with Gasteiger partial charge in [-0.2, -0.15) is 11.8 Å². The van der Waals surface area contributed by atoms with E-state index in [-0.39, 0.29) is 5.56 Å². The van der Waals surface area contributed by atoms with E-state index in [2.05, 4.69) is 29.1 Å². The maximum atomic E-state index is 11.4. The van der Waals surface area contributed by atoms with Gasteiger partial charge in [-0.1, -0.05) is 13.8 Å². The maximum Gasteiger partial charge on any atom is 0.252 e. The van der Waals surface area contributed by atoms with Gasteiger partial charge >= 0.3 is 0 Å². The van der Waals surface area contributed by atoms with Gasteiger partial charge in [0.05, 0.1) is 0 Å². The molecule has 0 saturated heterocycles. The molecule has 0 aliphatic carbocycles. The highest BCUT2D eigenvalue weighted by Gasteiger charge is 2.04. The van der Waals surface area contributed by atoms with Crippen LogP contribution in [0.25, 0.3) is 0 Å². The zero-order valence-electron chi connectivity index (χ0n) is 10.7. The molecule has 1 rings (SSSR count). The Bertz CT molecular complexity index is 392. The number of rotatable bonds is 7. The third-order valence-electron chi connectivity index (χ3n) is 2.42. The fourth-order valence-corrected chi connectivity index (χ4v) is 2.29. The molecule has 1 unspecified atom stereocenters. The van der Waals surface area contributed by atoms with Crippen LogP contribution in [0.15, 0.2) is 10.9 Å². The SMILES string of the molecule is CCSCCC(C)Nc1cc(=O)[nH]c(CC)n1. The molecule has 1 heterocycles. The molecule has 0 spiro atoms. The van der Waals surface area contributed by atoms with Crippen LogP contribution in [0.1, 0.15) is 33.0 Å². The van der Waals surface area contributed by atoms with Crippen molar-refractivity contribution in [1.82, 2.24) is 9.97 Å². The molecule has 17 heavy (non-hydrogen) atoms. The molecular formula is C12H21N3OS. The molecule has 0 aliphatic rings. The summed E-state index contributed by atoms with van der Waals surface area (Å²) in [7, 11) is 0. The standard InChI is InChI=1S/C12H21N3OS/c1-4-10-14-11(8-12(16)15-10)13-9(3)6-7-17-5-2/h8-9H,4-7H2,1-3H3,(H2,13,14,15,16). The second kappa shape index (κ2) is 7.37. The van der Waals surface area contributed by atoms with Crippen molar-refractivity contribution in [2.75, 3.05) is 16.8 Å². The van der Waals surface area contributed by atoms with Crippen molar-refractivity contribution in [2.24, 2.45) is 0 Å². The molecule has 96 valence electrons. The lowest BCUT2D eigenvalue weighted by molar-refractivity contribution is 0.761. The zero-order chi connectivity index (χ0) is 12.7. The molecule has 0 amide bonds. The Hall–Kier alpha value is -0.970. The van der Waals surface area contributed by atoms with E-state index in [4.69, 9.17) is 0 Å². The third-order valence-corrected chi connectivity index (χ3v) is 3.35. The van der Waals surface area contributed by atoms with Gasteiger partial charge in [0.25, 0.3) is 5.56 Å². The summed E-state index contributed by atoms with van der Waals surface area (Å²) in [5.41, 5.74) is -0.0884. The van der Waals surface area contributed by atoms with Crippen LogP contribution in [0.4, 0.5) is 5.82 Å². The first kappa shape index (κ1) is 14.1. The van der Waals surface area contributed by atoms with Crippen LogP contribution in [-0.2, 0) is 6.42 Å². The molecule has 0 bridgehead atoms. The first-order valence-corrected chi connectivity index (χ1v) is 7.25. The minimum atomic E-state index is -0.0884. The van der Waals surface area contributed by atoms with Crippen molar-refractivity contribution in [3.63, 3.8) is 0 Å². The van der Waals surface area contributed by atoms with Crippen LogP contribution in [-0.4, -0.2) is 27.5 Å². The minimum absolute atomic E-state index is 0.0884. The quantitative estimate of drug-likeness (QED) is 0.734. The Labute approximate surface area is 107 Å². The molecule has 0 saturated carbocycles. The highest BCUT2D eigenvalue weighted by atomic mass is 32.2. The molecule has 1 atom stereocenters. The van der Waals surface area contributed by atoms with Crippen molar-refractivity contribution in [3.05, 3.63) is 22.2 Å². The van der Waals surface area contributed by atoms with Gasteiger partial charge in [-0.3, -0.25) is 4.79 Å². The molecule has 0 fully saturated rings. The lowest BCUT2D eigenvalue weighted by Gasteiger charge is -2.14. The van der Waals surface area contributed by atoms with Gasteiger partial charge < -0.3 is 10.3 Å². The highest BCUT2D eigenvalue weighted by molar-refractivity contribution is 7.99. The number of anilines is 1. The summed E-state index contributed by atoms with van der Waals surface area (Å²) in [5.74, 6) is 3.69. The van der Waals surface area contributed by atoms with E-state index in [0.717, 1.165) is 30.2 Å². The summed E-state index contributed by atoms with van der Waals surface area (Å²) < 4.78 is 0. The third kappa shape index (κ3) is 5.26. The fourth-order valence-electron chi connectivity index (χ4n) is 1.48. The number of H-pyrrole nitrogens is 1. The number of nitrogens with one attached hydrogen (secondary N) is 2. The number of hydrogen-bond donors (Lipinski definition) is 2. The maximum absolute atomic E-state index is 11.4. The van der Waals surface area contributed by atoms with E-state index in [1.807, 2.05) is 18.7 Å². The smallest absolute Gasteiger partial charge is 0.252 e. The van der Waals surface area contributed by atoms with Gasteiger partial charge in [-0.05, 0) is 24.9 Å². The Morgan fingerprint density at radius 1 is 1.53 bits per heavy atom. The van der Waals surface area contributed by atoms with Crippen LogP contribution >= 0.6 is 11.8 Å². The van der Waals surface area contributed by atoms with Crippen molar-refractivity contribution >= 4 is 17.6 Å². The normalized spacial score (nSPS) is 12.4. The predicted octanol–water partition coefficient (Wildman–Crippen LogP) is 2.28. The van der Waals surface area contributed by atoms with Crippen molar-refractivity contribution in [2.45, 2.75) is 39.7 Å². The molecule has 0 aliphatic heterocycles. The van der Waals surface area contributed by atoms with Crippen LogP contribution < -0.4 is 10.9 Å². The number of aromatic nitrogens is 2. The van der Waals surface area contributed by atoms with E-state index >= 15 is 0 Å². The van der Waals surface area contributed by atoms with E-state index in [0.29, 0.717) is 11.9 Å². The summed E-state index contributed by atoms with van der Waals surface area (Å²) in [6, 6.07) is 1.86. The van der Waals surface area contributed by atoms with Gasteiger partial charge in [0.1, 0.15) is 11.6 Å². The predicted molar refractivity (Wildman–Crippen MR) is 74.9 cm³/mol. The van der Waals surface area contributed by atoms with Crippen LogP contribution in [0, 0.1) is 0 Å². The molecular weight excluding hydrogens is 234 g/mol. The van der Waals surface area contributed by atoms with Gasteiger partial charge in [0.2, 0.25) is 0 Å². The van der Waals surface area contributed by atoms with Crippen molar-refractivity contribution < 1.29 is 0 Å². The molecule has 2 N–H and O–H groups in total. The molecule has 1 aromatic rings. The average Bonchev–Trinajstić information content (AvgIpc) is 2.28. The van der Waals surface area contributed by atoms with Crippen molar-refractivity contribution in [1.29, 1.82) is 0 Å². The largest absolute Gasteiger partial charge is 0.367 e. The van der Waals surface area contributed by atoms with Gasteiger partial charge in [0, 0.05) is 18.5 Å². The number of aromatic amines is 1. The second-order valence-electron chi connectivity index (χ2n) is 3.96. The molecule has 0 radical (unpaired) electrons. The highest BCUT2D eigenvalue weighted by Crippen LogP contribution is 2.08. The minimum Gasteiger partial charge on any atom is -0.367 e. The van der Waals surface area contributed by atoms with Gasteiger partial charge in [-0.25, -0.2) is 4.98 Å². The Morgan fingerprint density at radius 2 is 2.29 bits per heavy atom. The van der Waals surface area contributed by atoms with E-state index in [1.165, 1.54) is 6.07 Å². The van der Waals surface area contributed by atoms with Gasteiger partial charge in [0.15, 0.2) is 0 Å². The Morgan fingerprint density at radius 3 is 2.94 bits per heavy atom. The monoisotopic (exact) mass is 255 g/mol. The summed E-state index contributed by atoms with van der Waals surface area (Å²) in [4.78, 5) is 18.4. The molecule has 1 aromatic heterocycles. The van der Waals surface area contributed by atoms with Crippen LogP contribution in [0.3, 0.4) is 0 Å². The zero-order valence-corrected chi connectivity index (χ0v) is 11.6. The van der Waals surface area contributed by atoms with E-state index in [9.17, 15) is 4.79 Å². The summed E-state index contributed by atoms with van der Waals surface area (Å²) in [6.45, 7) is 6.25. The summed E-state index contributed by atoms with van der Waals surface area (Å²) in [6.07, 6.45) is 1.82. The van der Waals surface area contributed by atoms with Gasteiger partial charge in [-0.15, -0.1) is 0 Å². The topological polar surface area (TPSA) is 57.8 Å². The Kier molecular flexibility index (Phi) is 6.11. The number of nitrogens with zero attached hydrogens (tertiary/aromatic N) is 1. The second-order valence-corrected chi connectivity index (χ2v) is 5.36. The summed E-state index contributed by atoms with van der Waals surface area (Å²) in [5, 5.41) is 3.27. The fraction of sp³-hybridized carbons (Fsp3) is 0.667. The first-order chi connectivity index (χ1) is 8.15. The van der Waals surface area contributed by atoms with Crippen LogP contribution in [0.2, 0.25) is 0 Å². The molecule has 5 heteroatoms. The summed E-state index contributed by atoms with van der Waals surface area (Å²) >= 11 is 1.93. The number of hydrogen-bond acceptors (Lipinski definition) is 4. The van der Waals surface area contributed by atoms with Crippen LogP contribution in [0.5, 0.6) is 0 Å². The number of aryl methyl sites for hydroxylation is 1. The lowest BCUT2D eigenvalue weighted by Crippen LogP contribution is -2.20. The number of thioether (sulfide) groups is 1. The first-order valence-electron chi connectivity index (χ1n) is 6.10. The average molecular weight is 255 g/mol. The molecule has 0 aromatic carbocycles. The molecule has 4 nitrogen and oxygen atoms in total. The van der Waals surface area contributed by atoms with Crippen molar-refractivity contribution in [3.8, 4) is 0 Å². The van der Waals surface area contributed by atoms with E-state index in [1.54, 1.807) is 0 Å². The lowest BCUT2D eigenvalue weighted by atomic mass is 10.2. The Balaban J connectivity index is 2.55. The van der Waals surface area contributed by atoms with E-state index < -0.39 is 0 Å².